The first-order valence-corrected chi connectivity index (χ1v) is 11.2. The molecule has 1 aromatic carbocycles. The lowest BCUT2D eigenvalue weighted by atomic mass is 9.95. The van der Waals surface area contributed by atoms with Crippen LogP contribution in [-0.4, -0.2) is 53.3 Å². The molecule has 3 atom stereocenters. The maximum atomic E-state index is 12.1. The fourth-order valence-electron chi connectivity index (χ4n) is 3.33. The van der Waals surface area contributed by atoms with E-state index < -0.39 is 10.8 Å². The van der Waals surface area contributed by atoms with E-state index in [2.05, 4.69) is 20.9 Å². The van der Waals surface area contributed by atoms with E-state index in [1.54, 1.807) is 7.05 Å². The number of hydrogen-bond donors (Lipinski definition) is 3. The summed E-state index contributed by atoms with van der Waals surface area (Å²) in [6, 6.07) is 9.55. The SMILES string of the molecule is CCS(=O)C1CCCC(NC(=NC)NCCCNC(=O)c2ccccc2)C1. The average molecular weight is 393 g/mol. The Bertz CT molecular complexity index is 636. The second kappa shape index (κ2) is 11.7. The molecule has 1 fully saturated rings. The van der Waals surface area contributed by atoms with E-state index in [9.17, 15) is 9.00 Å². The number of amides is 1. The normalized spacial score (nSPS) is 21.3. The summed E-state index contributed by atoms with van der Waals surface area (Å²) in [6.45, 7) is 3.33. The van der Waals surface area contributed by atoms with Crippen molar-refractivity contribution in [3.8, 4) is 0 Å². The van der Waals surface area contributed by atoms with Crippen molar-refractivity contribution in [1.82, 2.24) is 16.0 Å². The summed E-state index contributed by atoms with van der Waals surface area (Å²) in [5.41, 5.74) is 0.680. The van der Waals surface area contributed by atoms with Crippen LogP contribution in [0, 0.1) is 0 Å². The largest absolute Gasteiger partial charge is 0.356 e. The van der Waals surface area contributed by atoms with Gasteiger partial charge in [0, 0.05) is 53.5 Å². The van der Waals surface area contributed by atoms with Crippen LogP contribution in [0.15, 0.2) is 35.3 Å². The minimum Gasteiger partial charge on any atom is -0.356 e. The molecule has 3 N–H and O–H groups in total. The Morgan fingerprint density at radius 2 is 1.93 bits per heavy atom. The standard InChI is InChI=1S/C20H32N4O2S/c1-3-27(26)18-12-7-11-17(15-18)24-20(21-2)23-14-8-13-22-19(25)16-9-5-4-6-10-16/h4-6,9-10,17-18H,3,7-8,11-15H2,1-2H3,(H,22,25)(H2,21,23,24). The molecule has 3 unspecified atom stereocenters. The minimum absolute atomic E-state index is 0.0460. The number of carbonyl (C=O) groups is 1. The molecule has 1 aliphatic carbocycles. The highest BCUT2D eigenvalue weighted by Gasteiger charge is 2.25. The van der Waals surface area contributed by atoms with E-state index in [0.717, 1.165) is 50.4 Å². The topological polar surface area (TPSA) is 82.6 Å². The molecule has 0 bridgehead atoms. The van der Waals surface area contributed by atoms with E-state index in [-0.39, 0.29) is 5.91 Å². The summed E-state index contributed by atoms with van der Waals surface area (Å²) in [5, 5.41) is 9.98. The van der Waals surface area contributed by atoms with Crippen molar-refractivity contribution in [3.63, 3.8) is 0 Å². The molecule has 1 saturated carbocycles. The van der Waals surface area contributed by atoms with Crippen LogP contribution in [0.2, 0.25) is 0 Å². The van der Waals surface area contributed by atoms with E-state index in [1.165, 1.54) is 0 Å². The van der Waals surface area contributed by atoms with Crippen LogP contribution in [0.4, 0.5) is 0 Å². The molecule has 1 aliphatic rings. The third kappa shape index (κ3) is 7.33. The molecule has 0 spiro atoms. The van der Waals surface area contributed by atoms with E-state index in [0.29, 0.717) is 23.4 Å². The monoisotopic (exact) mass is 392 g/mol. The number of guanidine groups is 1. The van der Waals surface area contributed by atoms with Crippen LogP contribution < -0.4 is 16.0 Å². The molecular formula is C20H32N4O2S. The summed E-state index contributed by atoms with van der Waals surface area (Å²) in [6.07, 6.45) is 5.01. The molecule has 0 heterocycles. The second-order valence-corrected chi connectivity index (χ2v) is 8.78. The van der Waals surface area contributed by atoms with Crippen molar-refractivity contribution in [3.05, 3.63) is 35.9 Å². The molecule has 0 radical (unpaired) electrons. The summed E-state index contributed by atoms with van der Waals surface area (Å²) < 4.78 is 12.1. The lowest BCUT2D eigenvalue weighted by Gasteiger charge is -2.30. The Hall–Kier alpha value is -1.89. The molecule has 0 saturated heterocycles. The zero-order chi connectivity index (χ0) is 19.5. The highest BCUT2D eigenvalue weighted by Crippen LogP contribution is 2.22. The zero-order valence-corrected chi connectivity index (χ0v) is 17.2. The van der Waals surface area contributed by atoms with E-state index in [1.807, 2.05) is 37.3 Å². The Labute approximate surface area is 165 Å². The van der Waals surface area contributed by atoms with Gasteiger partial charge in [0.1, 0.15) is 0 Å². The quantitative estimate of drug-likeness (QED) is 0.359. The van der Waals surface area contributed by atoms with Crippen LogP contribution >= 0.6 is 0 Å². The number of aliphatic imine (C=N–C) groups is 1. The summed E-state index contributed by atoms with van der Waals surface area (Å²) in [4.78, 5) is 16.3. The Balaban J connectivity index is 1.65. The zero-order valence-electron chi connectivity index (χ0n) is 16.4. The van der Waals surface area contributed by atoms with Gasteiger partial charge in [0.05, 0.1) is 0 Å². The first kappa shape index (κ1) is 21.4. The molecular weight excluding hydrogens is 360 g/mol. The first-order chi connectivity index (χ1) is 13.1. The van der Waals surface area contributed by atoms with Gasteiger partial charge in [-0.05, 0) is 37.8 Å². The van der Waals surface area contributed by atoms with Crippen molar-refractivity contribution in [2.75, 3.05) is 25.9 Å². The van der Waals surface area contributed by atoms with Gasteiger partial charge in [0.2, 0.25) is 0 Å². The smallest absolute Gasteiger partial charge is 0.251 e. The number of nitrogens with one attached hydrogen (secondary N) is 3. The lowest BCUT2D eigenvalue weighted by molar-refractivity contribution is 0.0953. The maximum absolute atomic E-state index is 12.1. The molecule has 2 rings (SSSR count). The van der Waals surface area contributed by atoms with Gasteiger partial charge >= 0.3 is 0 Å². The van der Waals surface area contributed by atoms with Crippen molar-refractivity contribution in [2.45, 2.75) is 50.3 Å². The lowest BCUT2D eigenvalue weighted by Crippen LogP contribution is -2.47. The molecule has 1 aromatic rings. The Morgan fingerprint density at radius 1 is 1.19 bits per heavy atom. The second-order valence-electron chi connectivity index (χ2n) is 6.77. The Morgan fingerprint density at radius 3 is 2.63 bits per heavy atom. The number of rotatable bonds is 8. The molecule has 1 amide bonds. The summed E-state index contributed by atoms with van der Waals surface area (Å²) >= 11 is 0. The van der Waals surface area contributed by atoms with Gasteiger partial charge in [-0.1, -0.05) is 31.5 Å². The average Bonchev–Trinajstić information content (AvgIpc) is 2.72. The predicted octanol–water partition coefficient (Wildman–Crippen LogP) is 2.05. The highest BCUT2D eigenvalue weighted by molar-refractivity contribution is 7.85. The minimum atomic E-state index is -0.720. The van der Waals surface area contributed by atoms with E-state index in [4.69, 9.17) is 0 Å². The van der Waals surface area contributed by atoms with Gasteiger partial charge in [0.25, 0.3) is 5.91 Å². The van der Waals surface area contributed by atoms with Gasteiger partial charge in [0.15, 0.2) is 5.96 Å². The summed E-state index contributed by atoms with van der Waals surface area (Å²) in [5.74, 6) is 1.46. The van der Waals surface area contributed by atoms with Crippen molar-refractivity contribution in [2.24, 2.45) is 4.99 Å². The number of hydrogen-bond acceptors (Lipinski definition) is 3. The van der Waals surface area contributed by atoms with Gasteiger partial charge < -0.3 is 16.0 Å². The van der Waals surface area contributed by atoms with Gasteiger partial charge in [-0.2, -0.15) is 0 Å². The van der Waals surface area contributed by atoms with Gasteiger partial charge in [-0.25, -0.2) is 0 Å². The number of carbonyl (C=O) groups excluding carboxylic acids is 1. The third-order valence-corrected chi connectivity index (χ3v) is 6.56. The molecule has 7 heteroatoms. The number of nitrogens with zero attached hydrogens (tertiary/aromatic N) is 1. The fourth-order valence-corrected chi connectivity index (χ4v) is 4.68. The molecule has 0 aromatic heterocycles. The van der Waals surface area contributed by atoms with Gasteiger partial charge in [-0.15, -0.1) is 0 Å². The van der Waals surface area contributed by atoms with Crippen molar-refractivity contribution in [1.29, 1.82) is 0 Å². The molecule has 6 nitrogen and oxygen atoms in total. The van der Waals surface area contributed by atoms with Crippen LogP contribution in [-0.2, 0) is 10.8 Å². The van der Waals surface area contributed by atoms with Crippen LogP contribution in [0.1, 0.15) is 49.4 Å². The predicted molar refractivity (Wildman–Crippen MR) is 113 cm³/mol. The van der Waals surface area contributed by atoms with E-state index >= 15 is 0 Å². The first-order valence-electron chi connectivity index (χ1n) is 9.81. The van der Waals surface area contributed by atoms with Crippen molar-refractivity contribution >= 4 is 22.7 Å². The molecule has 27 heavy (non-hydrogen) atoms. The maximum Gasteiger partial charge on any atom is 0.251 e. The van der Waals surface area contributed by atoms with Crippen LogP contribution in [0.25, 0.3) is 0 Å². The van der Waals surface area contributed by atoms with Crippen LogP contribution in [0.5, 0.6) is 0 Å². The third-order valence-electron chi connectivity index (χ3n) is 4.81. The summed E-state index contributed by atoms with van der Waals surface area (Å²) in [7, 11) is 1.04. The molecule has 150 valence electrons. The fraction of sp³-hybridized carbons (Fsp3) is 0.600. The van der Waals surface area contributed by atoms with Crippen LogP contribution in [0.3, 0.4) is 0 Å². The number of benzene rings is 1. The molecule has 0 aliphatic heterocycles. The van der Waals surface area contributed by atoms with Crippen molar-refractivity contribution < 1.29 is 9.00 Å². The highest BCUT2D eigenvalue weighted by atomic mass is 32.2. The van der Waals surface area contributed by atoms with Gasteiger partial charge in [-0.3, -0.25) is 14.0 Å². The Kier molecular flexibility index (Phi) is 9.31.